The third-order valence-electron chi connectivity index (χ3n) is 3.16. The van der Waals surface area contributed by atoms with Crippen LogP contribution in [0.2, 0.25) is 0 Å². The maximum absolute atomic E-state index is 11.9. The van der Waals surface area contributed by atoms with Crippen molar-refractivity contribution in [1.82, 2.24) is 9.80 Å². The van der Waals surface area contributed by atoms with Crippen LogP contribution in [-0.4, -0.2) is 67.3 Å². The number of amides is 1. The van der Waals surface area contributed by atoms with Gasteiger partial charge in [0.05, 0.1) is 13.0 Å². The molecule has 1 aliphatic rings. The second kappa shape index (κ2) is 6.92. The Morgan fingerprint density at radius 2 is 1.70 bits per heavy atom. The molecule has 0 aromatic rings. The van der Waals surface area contributed by atoms with E-state index in [2.05, 4.69) is 4.90 Å². The van der Waals surface area contributed by atoms with Crippen molar-refractivity contribution < 1.29 is 19.1 Å². The fraction of sp³-hybridized carbons (Fsp3) is 0.857. The quantitative estimate of drug-likeness (QED) is 0.733. The van der Waals surface area contributed by atoms with Crippen molar-refractivity contribution in [3.8, 4) is 0 Å². The van der Waals surface area contributed by atoms with Crippen LogP contribution in [0, 0.1) is 5.92 Å². The van der Waals surface area contributed by atoms with Crippen molar-refractivity contribution >= 4 is 12.1 Å². The van der Waals surface area contributed by atoms with Crippen LogP contribution >= 0.6 is 0 Å². The molecule has 6 nitrogen and oxygen atoms in total. The van der Waals surface area contributed by atoms with E-state index in [0.29, 0.717) is 19.6 Å². The lowest BCUT2D eigenvalue weighted by molar-refractivity contribution is -0.145. The minimum Gasteiger partial charge on any atom is -0.469 e. The lowest BCUT2D eigenvalue weighted by Crippen LogP contribution is -2.51. The molecule has 1 heterocycles. The summed E-state index contributed by atoms with van der Waals surface area (Å²) in [4.78, 5) is 27.2. The zero-order chi connectivity index (χ0) is 15.3. The number of piperazine rings is 1. The molecule has 1 aliphatic heterocycles. The van der Waals surface area contributed by atoms with E-state index in [1.165, 1.54) is 7.11 Å². The summed E-state index contributed by atoms with van der Waals surface area (Å²) < 4.78 is 10.1. The van der Waals surface area contributed by atoms with Crippen LogP contribution in [0.25, 0.3) is 0 Å². The molecule has 20 heavy (non-hydrogen) atoms. The lowest BCUT2D eigenvalue weighted by Gasteiger charge is -2.36. The summed E-state index contributed by atoms with van der Waals surface area (Å²) in [5.74, 6) is -0.340. The van der Waals surface area contributed by atoms with Gasteiger partial charge in [-0.05, 0) is 20.8 Å². The van der Waals surface area contributed by atoms with E-state index in [9.17, 15) is 9.59 Å². The van der Waals surface area contributed by atoms with Gasteiger partial charge in [0.15, 0.2) is 0 Å². The number of ether oxygens (including phenoxy) is 2. The van der Waals surface area contributed by atoms with Gasteiger partial charge in [0.2, 0.25) is 0 Å². The Kier molecular flexibility index (Phi) is 5.80. The van der Waals surface area contributed by atoms with Gasteiger partial charge in [0.1, 0.15) is 5.60 Å². The molecule has 116 valence electrons. The van der Waals surface area contributed by atoms with E-state index < -0.39 is 5.60 Å². The van der Waals surface area contributed by atoms with Crippen molar-refractivity contribution in [3.63, 3.8) is 0 Å². The second-order valence-electron chi connectivity index (χ2n) is 6.19. The molecule has 0 aromatic heterocycles. The summed E-state index contributed by atoms with van der Waals surface area (Å²) in [7, 11) is 1.40. The molecule has 1 saturated heterocycles. The standard InChI is InChI=1S/C14H26N2O4/c1-11(12(17)19-5)10-15-6-8-16(9-7-15)13(18)20-14(2,3)4/h11H,6-10H2,1-5H3/t11-/m0/s1. The third kappa shape index (κ3) is 5.36. The highest BCUT2D eigenvalue weighted by Crippen LogP contribution is 2.12. The van der Waals surface area contributed by atoms with Crippen molar-refractivity contribution in [1.29, 1.82) is 0 Å². The van der Waals surface area contributed by atoms with E-state index in [1.54, 1.807) is 4.90 Å². The maximum atomic E-state index is 11.9. The molecule has 0 spiro atoms. The number of hydrogen-bond donors (Lipinski definition) is 0. The molecule has 1 rings (SSSR count). The van der Waals surface area contributed by atoms with Crippen LogP contribution in [0.1, 0.15) is 27.7 Å². The van der Waals surface area contributed by atoms with Gasteiger partial charge >= 0.3 is 12.1 Å². The summed E-state index contributed by atoms with van der Waals surface area (Å²) in [5, 5.41) is 0. The molecule has 0 bridgehead atoms. The molecule has 1 fully saturated rings. The molecule has 0 radical (unpaired) electrons. The van der Waals surface area contributed by atoms with Gasteiger partial charge in [0, 0.05) is 32.7 Å². The first-order valence-corrected chi connectivity index (χ1v) is 7.01. The van der Waals surface area contributed by atoms with Crippen LogP contribution in [0.4, 0.5) is 4.79 Å². The summed E-state index contributed by atoms with van der Waals surface area (Å²) in [6.45, 7) is 10.9. The number of hydrogen-bond acceptors (Lipinski definition) is 5. The normalized spacial score (nSPS) is 18.6. The molecule has 0 aliphatic carbocycles. The van der Waals surface area contributed by atoms with E-state index >= 15 is 0 Å². The number of methoxy groups -OCH3 is 1. The highest BCUT2D eigenvalue weighted by molar-refractivity contribution is 5.72. The van der Waals surface area contributed by atoms with E-state index in [-0.39, 0.29) is 18.0 Å². The van der Waals surface area contributed by atoms with Crippen molar-refractivity contribution in [2.75, 3.05) is 39.8 Å². The van der Waals surface area contributed by atoms with Crippen LogP contribution in [0.3, 0.4) is 0 Å². The summed E-state index contributed by atoms with van der Waals surface area (Å²) in [6.07, 6.45) is -0.266. The number of nitrogens with zero attached hydrogens (tertiary/aromatic N) is 2. The summed E-state index contributed by atoms with van der Waals surface area (Å²) in [6, 6.07) is 0. The highest BCUT2D eigenvalue weighted by atomic mass is 16.6. The molecule has 0 unspecified atom stereocenters. The Balaban J connectivity index is 2.36. The van der Waals surface area contributed by atoms with E-state index in [0.717, 1.165) is 13.1 Å². The first-order chi connectivity index (χ1) is 9.23. The number of carbonyl (C=O) groups excluding carboxylic acids is 2. The molecule has 1 atom stereocenters. The predicted molar refractivity (Wildman–Crippen MR) is 75.4 cm³/mol. The molecular weight excluding hydrogens is 260 g/mol. The van der Waals surface area contributed by atoms with Gasteiger partial charge in [-0.25, -0.2) is 4.79 Å². The zero-order valence-electron chi connectivity index (χ0n) is 13.1. The Labute approximate surface area is 121 Å². The van der Waals surface area contributed by atoms with Crippen molar-refractivity contribution in [2.45, 2.75) is 33.3 Å². The maximum Gasteiger partial charge on any atom is 0.410 e. The van der Waals surface area contributed by atoms with Gasteiger partial charge in [-0.15, -0.1) is 0 Å². The molecule has 6 heteroatoms. The highest BCUT2D eigenvalue weighted by Gasteiger charge is 2.27. The van der Waals surface area contributed by atoms with Gasteiger partial charge in [-0.2, -0.15) is 0 Å². The molecule has 0 saturated carbocycles. The predicted octanol–water partition coefficient (Wildman–Crippen LogP) is 1.35. The first-order valence-electron chi connectivity index (χ1n) is 7.01. The molecule has 1 amide bonds. The van der Waals surface area contributed by atoms with Gasteiger partial charge in [0.25, 0.3) is 0 Å². The number of carbonyl (C=O) groups is 2. The van der Waals surface area contributed by atoms with Gasteiger partial charge in [-0.1, -0.05) is 6.92 Å². The third-order valence-corrected chi connectivity index (χ3v) is 3.16. The molecular formula is C14H26N2O4. The van der Waals surface area contributed by atoms with Crippen molar-refractivity contribution in [2.24, 2.45) is 5.92 Å². The van der Waals surface area contributed by atoms with Gasteiger partial charge < -0.3 is 14.4 Å². The SMILES string of the molecule is COC(=O)[C@@H](C)CN1CCN(C(=O)OC(C)(C)C)CC1. The summed E-state index contributed by atoms with van der Waals surface area (Å²) in [5.41, 5.74) is -0.465. The Morgan fingerprint density at radius 1 is 1.15 bits per heavy atom. The Morgan fingerprint density at radius 3 is 2.15 bits per heavy atom. The second-order valence-corrected chi connectivity index (χ2v) is 6.19. The fourth-order valence-corrected chi connectivity index (χ4v) is 2.10. The van der Waals surface area contributed by atoms with Crippen molar-refractivity contribution in [3.05, 3.63) is 0 Å². The average Bonchev–Trinajstić information content (AvgIpc) is 2.36. The van der Waals surface area contributed by atoms with Gasteiger partial charge in [-0.3, -0.25) is 9.69 Å². The molecule has 0 aromatic carbocycles. The minimum atomic E-state index is -0.465. The smallest absolute Gasteiger partial charge is 0.410 e. The van der Waals surface area contributed by atoms with Crippen LogP contribution < -0.4 is 0 Å². The minimum absolute atomic E-state index is 0.145. The first kappa shape index (κ1) is 16.8. The van der Waals surface area contributed by atoms with Crippen LogP contribution in [0.5, 0.6) is 0 Å². The monoisotopic (exact) mass is 286 g/mol. The largest absolute Gasteiger partial charge is 0.469 e. The number of esters is 1. The summed E-state index contributed by atoms with van der Waals surface area (Å²) >= 11 is 0. The van der Waals surface area contributed by atoms with E-state index in [1.807, 2.05) is 27.7 Å². The zero-order valence-corrected chi connectivity index (χ0v) is 13.1. The topological polar surface area (TPSA) is 59.1 Å². The fourth-order valence-electron chi connectivity index (χ4n) is 2.10. The van der Waals surface area contributed by atoms with E-state index in [4.69, 9.17) is 9.47 Å². The average molecular weight is 286 g/mol. The molecule has 0 N–H and O–H groups in total. The Hall–Kier alpha value is -1.30. The lowest BCUT2D eigenvalue weighted by atomic mass is 10.1. The van der Waals surface area contributed by atoms with Crippen LogP contribution in [-0.2, 0) is 14.3 Å². The number of rotatable bonds is 3. The Bertz CT molecular complexity index is 344. The van der Waals surface area contributed by atoms with Crippen LogP contribution in [0.15, 0.2) is 0 Å².